The van der Waals surface area contributed by atoms with Gasteiger partial charge in [-0.05, 0) is 30.5 Å². The third-order valence-corrected chi connectivity index (χ3v) is 4.28. The molecule has 1 aliphatic heterocycles. The van der Waals surface area contributed by atoms with E-state index >= 15 is 0 Å². The molecule has 1 aromatic carbocycles. The van der Waals surface area contributed by atoms with Crippen molar-refractivity contribution < 1.29 is 4.79 Å². The van der Waals surface area contributed by atoms with Crippen LogP contribution in [0.2, 0.25) is 0 Å². The number of amides is 1. The topological polar surface area (TPSA) is 41.1 Å². The van der Waals surface area contributed by atoms with Crippen LogP contribution in [0, 0.1) is 5.92 Å². The number of thioether (sulfide) groups is 1. The van der Waals surface area contributed by atoms with Crippen LogP contribution in [0.25, 0.3) is 0 Å². The maximum absolute atomic E-state index is 11.4. The molecule has 0 saturated carbocycles. The first kappa shape index (κ1) is 13.3. The normalized spacial score (nSPS) is 16.1. The van der Waals surface area contributed by atoms with Gasteiger partial charge < -0.3 is 10.6 Å². The van der Waals surface area contributed by atoms with Crippen molar-refractivity contribution >= 4 is 29.0 Å². The molecule has 4 heteroatoms. The molecule has 0 radical (unpaired) electrons. The Morgan fingerprint density at radius 3 is 2.89 bits per heavy atom. The van der Waals surface area contributed by atoms with Gasteiger partial charge in [0.05, 0.1) is 11.4 Å². The molecule has 1 aromatic rings. The van der Waals surface area contributed by atoms with Crippen molar-refractivity contribution in [3.63, 3.8) is 0 Å². The number of carbonyl (C=O) groups is 1. The van der Waals surface area contributed by atoms with Crippen molar-refractivity contribution in [1.29, 1.82) is 0 Å². The van der Waals surface area contributed by atoms with E-state index in [1.807, 2.05) is 6.07 Å². The number of hydrogen-bond donors (Lipinski definition) is 2. The highest BCUT2D eigenvalue weighted by molar-refractivity contribution is 8.00. The lowest BCUT2D eigenvalue weighted by Gasteiger charge is -2.23. The number of hydrogen-bond acceptors (Lipinski definition) is 3. The lowest BCUT2D eigenvalue weighted by Crippen LogP contribution is -2.25. The molecule has 98 valence electrons. The molecule has 2 rings (SSSR count). The van der Waals surface area contributed by atoms with Crippen molar-refractivity contribution in [3.05, 3.63) is 18.2 Å². The van der Waals surface area contributed by atoms with Crippen molar-refractivity contribution in [2.24, 2.45) is 5.92 Å². The predicted octanol–water partition coefficient (Wildman–Crippen LogP) is 3.58. The average molecular weight is 264 g/mol. The summed E-state index contributed by atoms with van der Waals surface area (Å²) in [5.74, 6) is 1.19. The van der Waals surface area contributed by atoms with Gasteiger partial charge in [-0.3, -0.25) is 4.79 Å². The molecular weight excluding hydrogens is 244 g/mol. The summed E-state index contributed by atoms with van der Waals surface area (Å²) in [6.07, 6.45) is 1.09. The van der Waals surface area contributed by atoms with Crippen LogP contribution in [0.3, 0.4) is 0 Å². The molecule has 1 unspecified atom stereocenters. The zero-order valence-corrected chi connectivity index (χ0v) is 11.9. The van der Waals surface area contributed by atoms with Crippen LogP contribution in [-0.2, 0) is 4.79 Å². The summed E-state index contributed by atoms with van der Waals surface area (Å²) in [6, 6.07) is 6.67. The number of fused-ring (bicyclic) bond motifs is 1. The van der Waals surface area contributed by atoms with Crippen LogP contribution < -0.4 is 10.6 Å². The number of carbonyl (C=O) groups excluding carboxylic acids is 1. The fourth-order valence-corrected chi connectivity index (χ4v) is 2.92. The Hall–Kier alpha value is -1.16. The zero-order chi connectivity index (χ0) is 13.1. The summed E-state index contributed by atoms with van der Waals surface area (Å²) < 4.78 is 0. The standard InChI is InChI=1S/C14H20N2OS/c1-4-11(9(2)3)15-10-5-6-13-12(7-10)16-14(17)8-18-13/h5-7,9,11,15H,4,8H2,1-3H3,(H,16,17). The van der Waals surface area contributed by atoms with Gasteiger partial charge in [0.25, 0.3) is 0 Å². The van der Waals surface area contributed by atoms with E-state index in [0.29, 0.717) is 17.7 Å². The van der Waals surface area contributed by atoms with Gasteiger partial charge in [-0.1, -0.05) is 20.8 Å². The molecular formula is C14H20N2OS. The van der Waals surface area contributed by atoms with Gasteiger partial charge >= 0.3 is 0 Å². The van der Waals surface area contributed by atoms with Gasteiger partial charge in [-0.25, -0.2) is 0 Å². The third-order valence-electron chi connectivity index (χ3n) is 3.21. The largest absolute Gasteiger partial charge is 0.382 e. The van der Waals surface area contributed by atoms with E-state index in [4.69, 9.17) is 0 Å². The number of nitrogens with one attached hydrogen (secondary N) is 2. The summed E-state index contributed by atoms with van der Waals surface area (Å²) in [6.45, 7) is 6.63. The van der Waals surface area contributed by atoms with E-state index in [2.05, 4.69) is 43.5 Å². The first-order chi connectivity index (χ1) is 8.60. The number of anilines is 2. The summed E-state index contributed by atoms with van der Waals surface area (Å²) in [5, 5.41) is 6.45. The first-order valence-corrected chi connectivity index (χ1v) is 7.42. The Kier molecular flexibility index (Phi) is 4.17. The second-order valence-corrected chi connectivity index (χ2v) is 5.97. The van der Waals surface area contributed by atoms with E-state index in [9.17, 15) is 4.79 Å². The second kappa shape index (κ2) is 5.65. The van der Waals surface area contributed by atoms with Crippen LogP contribution in [0.15, 0.2) is 23.1 Å². The molecule has 0 aromatic heterocycles. The lowest BCUT2D eigenvalue weighted by molar-refractivity contribution is -0.113. The smallest absolute Gasteiger partial charge is 0.234 e. The van der Waals surface area contributed by atoms with Crippen molar-refractivity contribution in [3.8, 4) is 0 Å². The van der Waals surface area contributed by atoms with E-state index in [-0.39, 0.29) is 5.91 Å². The van der Waals surface area contributed by atoms with E-state index < -0.39 is 0 Å². The van der Waals surface area contributed by atoms with Crippen molar-refractivity contribution in [2.75, 3.05) is 16.4 Å². The molecule has 0 spiro atoms. The molecule has 0 aliphatic carbocycles. The fourth-order valence-electron chi connectivity index (χ4n) is 2.13. The van der Waals surface area contributed by atoms with Crippen LogP contribution in [0.5, 0.6) is 0 Å². The quantitative estimate of drug-likeness (QED) is 0.873. The molecule has 1 amide bonds. The minimum atomic E-state index is 0.0838. The molecule has 3 nitrogen and oxygen atoms in total. The molecule has 0 fully saturated rings. The Balaban J connectivity index is 2.15. The van der Waals surface area contributed by atoms with Crippen LogP contribution in [0.1, 0.15) is 27.2 Å². The highest BCUT2D eigenvalue weighted by atomic mass is 32.2. The monoisotopic (exact) mass is 264 g/mol. The Morgan fingerprint density at radius 1 is 1.44 bits per heavy atom. The summed E-state index contributed by atoms with van der Waals surface area (Å²) >= 11 is 1.60. The van der Waals surface area contributed by atoms with Gasteiger partial charge in [0.15, 0.2) is 0 Å². The summed E-state index contributed by atoms with van der Waals surface area (Å²) in [7, 11) is 0. The predicted molar refractivity (Wildman–Crippen MR) is 78.3 cm³/mol. The molecule has 2 N–H and O–H groups in total. The summed E-state index contributed by atoms with van der Waals surface area (Å²) in [4.78, 5) is 12.5. The Labute approximate surface area is 113 Å². The Bertz CT molecular complexity index is 445. The minimum Gasteiger partial charge on any atom is -0.382 e. The Morgan fingerprint density at radius 2 is 2.22 bits per heavy atom. The molecule has 1 aliphatic rings. The molecule has 0 bridgehead atoms. The molecule has 0 saturated heterocycles. The minimum absolute atomic E-state index is 0.0838. The molecule has 18 heavy (non-hydrogen) atoms. The SMILES string of the molecule is CCC(Nc1ccc2c(c1)NC(=O)CS2)C(C)C. The summed E-state index contributed by atoms with van der Waals surface area (Å²) in [5.41, 5.74) is 2.01. The van der Waals surface area contributed by atoms with Crippen molar-refractivity contribution in [2.45, 2.75) is 38.1 Å². The second-order valence-electron chi connectivity index (χ2n) is 4.95. The number of benzene rings is 1. The third kappa shape index (κ3) is 2.99. The highest BCUT2D eigenvalue weighted by Gasteiger charge is 2.16. The maximum Gasteiger partial charge on any atom is 0.234 e. The van der Waals surface area contributed by atoms with Gasteiger partial charge in [-0.15, -0.1) is 11.8 Å². The fraction of sp³-hybridized carbons (Fsp3) is 0.500. The first-order valence-electron chi connectivity index (χ1n) is 6.43. The van der Waals surface area contributed by atoms with E-state index in [1.54, 1.807) is 11.8 Å². The number of rotatable bonds is 4. The maximum atomic E-state index is 11.4. The van der Waals surface area contributed by atoms with Crippen molar-refractivity contribution in [1.82, 2.24) is 0 Å². The average Bonchev–Trinajstić information content (AvgIpc) is 2.35. The van der Waals surface area contributed by atoms with Crippen LogP contribution in [-0.4, -0.2) is 17.7 Å². The van der Waals surface area contributed by atoms with Crippen LogP contribution >= 0.6 is 11.8 Å². The lowest BCUT2D eigenvalue weighted by atomic mass is 10.0. The van der Waals surface area contributed by atoms with Gasteiger partial charge in [0.1, 0.15) is 0 Å². The van der Waals surface area contributed by atoms with E-state index in [0.717, 1.165) is 22.7 Å². The van der Waals surface area contributed by atoms with Gasteiger partial charge in [0, 0.05) is 16.6 Å². The van der Waals surface area contributed by atoms with Gasteiger partial charge in [-0.2, -0.15) is 0 Å². The molecule has 1 atom stereocenters. The molecule has 1 heterocycles. The van der Waals surface area contributed by atoms with Crippen LogP contribution in [0.4, 0.5) is 11.4 Å². The highest BCUT2D eigenvalue weighted by Crippen LogP contribution is 2.33. The zero-order valence-electron chi connectivity index (χ0n) is 11.1. The van der Waals surface area contributed by atoms with E-state index in [1.165, 1.54) is 0 Å². The van der Waals surface area contributed by atoms with Gasteiger partial charge in [0.2, 0.25) is 5.91 Å².